The van der Waals surface area contributed by atoms with Gasteiger partial charge in [0, 0.05) is 38.2 Å². The monoisotopic (exact) mass is 355 g/mol. The Balaban J connectivity index is 1.60. The van der Waals surface area contributed by atoms with E-state index in [2.05, 4.69) is 4.98 Å². The SMILES string of the molecule is Nc1cccc(F)c1N1CCC(Oc2ccc(C(F)(F)F)cn2)CC1. The summed E-state index contributed by atoms with van der Waals surface area (Å²) in [6.45, 7) is 1.08. The molecule has 1 aromatic heterocycles. The summed E-state index contributed by atoms with van der Waals surface area (Å²) in [4.78, 5) is 5.56. The molecule has 2 aromatic rings. The van der Waals surface area contributed by atoms with Gasteiger partial charge in [0.1, 0.15) is 11.9 Å². The number of nitrogens with zero attached hydrogens (tertiary/aromatic N) is 2. The second-order valence-electron chi connectivity index (χ2n) is 5.86. The van der Waals surface area contributed by atoms with Gasteiger partial charge in [0.05, 0.1) is 16.9 Å². The molecule has 0 atom stereocenters. The molecule has 25 heavy (non-hydrogen) atoms. The summed E-state index contributed by atoms with van der Waals surface area (Å²) in [6.07, 6.45) is -2.66. The maximum absolute atomic E-state index is 14.0. The van der Waals surface area contributed by atoms with Crippen molar-refractivity contribution in [1.82, 2.24) is 4.98 Å². The van der Waals surface area contributed by atoms with Crippen LogP contribution in [0.4, 0.5) is 28.9 Å². The van der Waals surface area contributed by atoms with Crippen LogP contribution in [0.2, 0.25) is 0 Å². The molecule has 2 N–H and O–H groups in total. The zero-order chi connectivity index (χ0) is 18.0. The zero-order valence-corrected chi connectivity index (χ0v) is 13.3. The molecule has 1 saturated heterocycles. The first-order chi connectivity index (χ1) is 11.8. The van der Waals surface area contributed by atoms with Gasteiger partial charge in [-0.2, -0.15) is 13.2 Å². The Morgan fingerprint density at radius 1 is 1.12 bits per heavy atom. The van der Waals surface area contributed by atoms with Gasteiger partial charge in [-0.25, -0.2) is 9.37 Å². The molecular weight excluding hydrogens is 338 g/mol. The molecule has 0 amide bonds. The van der Waals surface area contributed by atoms with E-state index in [9.17, 15) is 17.6 Å². The maximum atomic E-state index is 14.0. The van der Waals surface area contributed by atoms with Crippen LogP contribution in [0.5, 0.6) is 5.88 Å². The van der Waals surface area contributed by atoms with Crippen LogP contribution in [0.25, 0.3) is 0 Å². The summed E-state index contributed by atoms with van der Waals surface area (Å²) >= 11 is 0. The van der Waals surface area contributed by atoms with Crippen molar-refractivity contribution >= 4 is 11.4 Å². The number of nitrogens with two attached hydrogens (primary N) is 1. The van der Waals surface area contributed by atoms with E-state index in [4.69, 9.17) is 10.5 Å². The van der Waals surface area contributed by atoms with Crippen molar-refractivity contribution in [3.05, 3.63) is 47.9 Å². The average Bonchev–Trinajstić information content (AvgIpc) is 2.56. The summed E-state index contributed by atoms with van der Waals surface area (Å²) < 4.78 is 57.2. The fourth-order valence-corrected chi connectivity index (χ4v) is 2.85. The minimum Gasteiger partial charge on any atom is -0.474 e. The Bertz CT molecular complexity index is 705. The smallest absolute Gasteiger partial charge is 0.417 e. The minimum absolute atomic E-state index is 0.150. The highest BCUT2D eigenvalue weighted by Crippen LogP contribution is 2.31. The van der Waals surface area contributed by atoms with E-state index in [1.807, 2.05) is 4.90 Å². The minimum atomic E-state index is -4.42. The lowest BCUT2D eigenvalue weighted by molar-refractivity contribution is -0.137. The highest BCUT2D eigenvalue weighted by atomic mass is 19.4. The highest BCUT2D eigenvalue weighted by molar-refractivity contribution is 5.68. The second-order valence-corrected chi connectivity index (χ2v) is 5.86. The van der Waals surface area contributed by atoms with E-state index in [0.29, 0.717) is 37.3 Å². The number of hydrogen-bond donors (Lipinski definition) is 1. The first-order valence-electron chi connectivity index (χ1n) is 7.83. The Labute approximate surface area is 142 Å². The summed E-state index contributed by atoms with van der Waals surface area (Å²) in [5.74, 6) is -0.222. The standard InChI is InChI=1S/C17H17F4N3O/c18-13-2-1-3-14(22)16(13)24-8-6-12(7-9-24)25-15-5-4-11(10-23-15)17(19,20)21/h1-5,10,12H,6-9,22H2. The van der Waals surface area contributed by atoms with Gasteiger partial charge in [-0.15, -0.1) is 0 Å². The van der Waals surface area contributed by atoms with Crippen LogP contribution >= 0.6 is 0 Å². The van der Waals surface area contributed by atoms with Crippen LogP contribution < -0.4 is 15.4 Å². The molecule has 0 radical (unpaired) electrons. The summed E-state index contributed by atoms with van der Waals surface area (Å²) in [6, 6.07) is 6.72. The molecule has 4 nitrogen and oxygen atoms in total. The number of alkyl halides is 3. The second kappa shape index (κ2) is 6.78. The Kier molecular flexibility index (Phi) is 4.69. The van der Waals surface area contributed by atoms with Crippen LogP contribution in [0, 0.1) is 5.82 Å². The van der Waals surface area contributed by atoms with Crippen molar-refractivity contribution in [3.63, 3.8) is 0 Å². The van der Waals surface area contributed by atoms with Crippen molar-refractivity contribution in [2.75, 3.05) is 23.7 Å². The summed E-state index contributed by atoms with van der Waals surface area (Å²) in [5.41, 5.74) is 5.79. The number of hydrogen-bond acceptors (Lipinski definition) is 4. The number of pyridine rings is 1. The molecule has 0 saturated carbocycles. The van der Waals surface area contributed by atoms with E-state index < -0.39 is 11.7 Å². The third-order valence-corrected chi connectivity index (χ3v) is 4.13. The highest BCUT2D eigenvalue weighted by Gasteiger charge is 2.31. The van der Waals surface area contributed by atoms with Crippen molar-refractivity contribution in [2.24, 2.45) is 0 Å². The molecule has 0 spiro atoms. The molecular formula is C17H17F4N3O. The average molecular weight is 355 g/mol. The van der Waals surface area contributed by atoms with Crippen LogP contribution in [-0.2, 0) is 6.18 Å². The van der Waals surface area contributed by atoms with Gasteiger partial charge in [0.15, 0.2) is 0 Å². The quantitative estimate of drug-likeness (QED) is 0.671. The number of benzene rings is 1. The molecule has 8 heteroatoms. The van der Waals surface area contributed by atoms with Gasteiger partial charge in [-0.3, -0.25) is 0 Å². The molecule has 1 aliphatic rings. The lowest BCUT2D eigenvalue weighted by Crippen LogP contribution is -2.39. The van der Waals surface area contributed by atoms with Gasteiger partial charge in [0.25, 0.3) is 0 Å². The molecule has 134 valence electrons. The van der Waals surface area contributed by atoms with E-state index in [1.165, 1.54) is 12.1 Å². The number of nitrogen functional groups attached to an aromatic ring is 1. The molecule has 0 unspecified atom stereocenters. The topological polar surface area (TPSA) is 51.4 Å². The number of aromatic nitrogens is 1. The summed E-state index contributed by atoms with van der Waals surface area (Å²) in [5, 5.41) is 0. The largest absolute Gasteiger partial charge is 0.474 e. The first kappa shape index (κ1) is 17.3. The Morgan fingerprint density at radius 2 is 1.84 bits per heavy atom. The van der Waals surface area contributed by atoms with Crippen LogP contribution in [0.15, 0.2) is 36.5 Å². The van der Waals surface area contributed by atoms with Gasteiger partial charge in [-0.1, -0.05) is 6.07 Å². The molecule has 0 bridgehead atoms. The molecule has 1 aromatic carbocycles. The van der Waals surface area contributed by atoms with Crippen molar-refractivity contribution < 1.29 is 22.3 Å². The predicted molar refractivity (Wildman–Crippen MR) is 85.9 cm³/mol. The Morgan fingerprint density at radius 3 is 2.40 bits per heavy atom. The number of halogens is 4. The number of ether oxygens (including phenoxy) is 1. The van der Waals surface area contributed by atoms with Crippen LogP contribution in [0.3, 0.4) is 0 Å². The van der Waals surface area contributed by atoms with E-state index in [1.54, 1.807) is 12.1 Å². The normalized spacial score (nSPS) is 16.1. The fourth-order valence-electron chi connectivity index (χ4n) is 2.85. The van der Waals surface area contributed by atoms with Crippen molar-refractivity contribution in [1.29, 1.82) is 0 Å². The molecule has 1 fully saturated rings. The number of piperidine rings is 1. The summed E-state index contributed by atoms with van der Waals surface area (Å²) in [7, 11) is 0. The third-order valence-electron chi connectivity index (χ3n) is 4.13. The number of para-hydroxylation sites is 1. The molecule has 2 heterocycles. The lowest BCUT2D eigenvalue weighted by Gasteiger charge is -2.34. The fraction of sp³-hybridized carbons (Fsp3) is 0.353. The van der Waals surface area contributed by atoms with Crippen molar-refractivity contribution in [3.8, 4) is 5.88 Å². The lowest BCUT2D eigenvalue weighted by atomic mass is 10.1. The maximum Gasteiger partial charge on any atom is 0.417 e. The number of rotatable bonds is 3. The zero-order valence-electron chi connectivity index (χ0n) is 13.3. The van der Waals surface area contributed by atoms with Gasteiger partial charge in [0.2, 0.25) is 5.88 Å². The van der Waals surface area contributed by atoms with E-state index in [0.717, 1.165) is 12.3 Å². The molecule has 0 aliphatic carbocycles. The third kappa shape index (κ3) is 3.94. The van der Waals surface area contributed by atoms with E-state index in [-0.39, 0.29) is 17.8 Å². The van der Waals surface area contributed by atoms with Crippen molar-refractivity contribution in [2.45, 2.75) is 25.1 Å². The molecule has 1 aliphatic heterocycles. The van der Waals surface area contributed by atoms with Gasteiger partial charge < -0.3 is 15.4 Å². The van der Waals surface area contributed by atoms with Crippen LogP contribution in [0.1, 0.15) is 18.4 Å². The predicted octanol–water partition coefficient (Wildman–Crippen LogP) is 3.87. The van der Waals surface area contributed by atoms with Crippen LogP contribution in [-0.4, -0.2) is 24.2 Å². The van der Waals surface area contributed by atoms with Gasteiger partial charge >= 0.3 is 6.18 Å². The van der Waals surface area contributed by atoms with E-state index >= 15 is 0 Å². The van der Waals surface area contributed by atoms with Gasteiger partial charge in [-0.05, 0) is 18.2 Å². The number of anilines is 2. The Hall–Kier alpha value is -2.51. The molecule has 3 rings (SSSR count). The first-order valence-corrected chi connectivity index (χ1v) is 7.83.